The van der Waals surface area contributed by atoms with Crippen LogP contribution in [0.3, 0.4) is 0 Å². The molecule has 2 amide bonds. The molecule has 3 fully saturated rings. The zero-order chi connectivity index (χ0) is 40.0. The summed E-state index contributed by atoms with van der Waals surface area (Å²) in [7, 11) is 0. The first-order valence-corrected chi connectivity index (χ1v) is 19.8. The monoisotopic (exact) mass is 817 g/mol. The van der Waals surface area contributed by atoms with E-state index in [2.05, 4.69) is 10.4 Å². The van der Waals surface area contributed by atoms with Gasteiger partial charge in [0.1, 0.15) is 17.5 Å². The smallest absolute Gasteiger partial charge is 0.426 e. The molecule has 3 aliphatic carbocycles. The first-order valence-electron chi connectivity index (χ1n) is 19.0. The number of nitrogens with zero attached hydrogens (tertiary/aromatic N) is 2. The van der Waals surface area contributed by atoms with Gasteiger partial charge in [-0.2, -0.15) is 8.78 Å². The normalized spacial score (nSPS) is 16.5. The minimum atomic E-state index is -3.08. The van der Waals surface area contributed by atoms with Gasteiger partial charge in [0.25, 0.3) is 5.91 Å². The van der Waals surface area contributed by atoms with Crippen LogP contribution in [0.1, 0.15) is 117 Å². The van der Waals surface area contributed by atoms with Crippen molar-refractivity contribution in [1.82, 2.24) is 15.4 Å². The molecule has 6 rings (SSSR count). The average molecular weight is 819 g/mol. The molecule has 1 N–H and O–H groups in total. The second-order valence-corrected chi connectivity index (χ2v) is 16.4. The summed E-state index contributed by atoms with van der Waals surface area (Å²) in [6.45, 7) is 2.79. The molecule has 0 radical (unpaired) electrons. The highest BCUT2D eigenvalue weighted by Crippen LogP contribution is 2.39. The highest BCUT2D eigenvalue weighted by molar-refractivity contribution is 6.35. The first-order chi connectivity index (χ1) is 26.7. The lowest BCUT2D eigenvalue weighted by Gasteiger charge is -2.35. The summed E-state index contributed by atoms with van der Waals surface area (Å²) in [5, 5.41) is 1.80. The number of benzene rings is 2. The Balaban J connectivity index is 1.31. The van der Waals surface area contributed by atoms with Crippen molar-refractivity contribution in [3.8, 4) is 17.2 Å². The van der Waals surface area contributed by atoms with E-state index in [0.29, 0.717) is 49.0 Å². The number of ether oxygens (including phenoxy) is 5. The predicted molar refractivity (Wildman–Crippen MR) is 204 cm³/mol. The Morgan fingerprint density at radius 3 is 2.11 bits per heavy atom. The van der Waals surface area contributed by atoms with E-state index in [-0.39, 0.29) is 50.9 Å². The van der Waals surface area contributed by atoms with Crippen molar-refractivity contribution in [2.24, 2.45) is 11.8 Å². The number of hydrazine groups is 1. The number of hydrogen-bond acceptors (Lipinski definition) is 9. The number of nitrogens with one attached hydrogen (secondary N) is 1. The van der Waals surface area contributed by atoms with Crippen molar-refractivity contribution < 1.29 is 46.8 Å². The van der Waals surface area contributed by atoms with E-state index in [1.54, 1.807) is 20.8 Å². The third-order valence-corrected chi connectivity index (χ3v) is 10.4. The Bertz CT molecular complexity index is 1860. The van der Waals surface area contributed by atoms with Crippen LogP contribution < -0.4 is 19.6 Å². The Kier molecular flexibility index (Phi) is 13.5. The topological polar surface area (TPSA) is 126 Å². The summed E-state index contributed by atoms with van der Waals surface area (Å²) in [6.07, 6.45) is 9.15. The lowest BCUT2D eigenvalue weighted by atomic mass is 9.94. The molecule has 1 atom stereocenters. The van der Waals surface area contributed by atoms with Crippen LogP contribution in [0.4, 0.5) is 13.6 Å². The summed E-state index contributed by atoms with van der Waals surface area (Å²) in [4.78, 5) is 45.4. The Hall–Kier alpha value is -4.36. The van der Waals surface area contributed by atoms with E-state index in [1.165, 1.54) is 53.8 Å². The van der Waals surface area contributed by atoms with Gasteiger partial charge in [-0.15, -0.1) is 0 Å². The fourth-order valence-corrected chi connectivity index (χ4v) is 6.90. The first kappa shape index (κ1) is 41.3. The maximum Gasteiger partial charge on any atom is 0.426 e. The highest BCUT2D eigenvalue weighted by atomic mass is 35.5. The van der Waals surface area contributed by atoms with Gasteiger partial charge >= 0.3 is 18.7 Å². The lowest BCUT2D eigenvalue weighted by Crippen LogP contribution is -2.53. The lowest BCUT2D eigenvalue weighted by molar-refractivity contribution is -0.0515. The SMILES string of the molecule is CC(C)(C)OC(=O)NN(C(=O)c1ccc(C(=O)OC(Cc2c(Cl)cncc2Cl)c2ccc(OC(F)F)c(OCC3CC3)c2)cc1OCC1CC1)C1CCCCC1. The van der Waals surface area contributed by atoms with Crippen molar-refractivity contribution in [3.63, 3.8) is 0 Å². The van der Waals surface area contributed by atoms with Crippen LogP contribution >= 0.6 is 23.2 Å². The van der Waals surface area contributed by atoms with Crippen molar-refractivity contribution >= 4 is 41.2 Å². The number of aromatic nitrogens is 1. The van der Waals surface area contributed by atoms with Crippen molar-refractivity contribution in [2.75, 3.05) is 13.2 Å². The van der Waals surface area contributed by atoms with Gasteiger partial charge in [-0.1, -0.05) is 48.5 Å². The van der Waals surface area contributed by atoms with Gasteiger partial charge in [-0.25, -0.2) is 20.0 Å². The molecule has 302 valence electrons. The van der Waals surface area contributed by atoms with Crippen LogP contribution in [0.25, 0.3) is 0 Å². The molecule has 11 nitrogen and oxygen atoms in total. The van der Waals surface area contributed by atoms with Crippen LogP contribution in [0.15, 0.2) is 48.8 Å². The molecular weight excluding hydrogens is 771 g/mol. The number of pyridine rings is 1. The van der Waals surface area contributed by atoms with Gasteiger partial charge in [-0.05, 0) is 113 Å². The van der Waals surface area contributed by atoms with E-state index >= 15 is 0 Å². The minimum Gasteiger partial charge on any atom is -0.492 e. The fourth-order valence-electron chi connectivity index (χ4n) is 6.38. The molecule has 1 heterocycles. The van der Waals surface area contributed by atoms with E-state index in [0.717, 1.165) is 44.9 Å². The highest BCUT2D eigenvalue weighted by Gasteiger charge is 2.33. The van der Waals surface area contributed by atoms with Gasteiger partial charge in [0.05, 0.1) is 40.4 Å². The quantitative estimate of drug-likeness (QED) is 0.118. The summed E-state index contributed by atoms with van der Waals surface area (Å²) in [5.41, 5.74) is 2.99. The van der Waals surface area contributed by atoms with Crippen molar-refractivity contribution in [2.45, 2.75) is 109 Å². The third kappa shape index (κ3) is 11.6. The van der Waals surface area contributed by atoms with Crippen molar-refractivity contribution in [3.05, 3.63) is 81.1 Å². The van der Waals surface area contributed by atoms with Gasteiger partial charge in [0, 0.05) is 18.8 Å². The van der Waals surface area contributed by atoms with E-state index < -0.39 is 36.3 Å². The number of carbonyl (C=O) groups excluding carboxylic acids is 3. The molecule has 0 saturated heterocycles. The fraction of sp³-hybridized carbons (Fsp3) is 0.512. The molecular formula is C41H47Cl2F2N3O8. The van der Waals surface area contributed by atoms with Gasteiger partial charge in [-0.3, -0.25) is 9.78 Å². The molecule has 0 bridgehead atoms. The molecule has 1 unspecified atom stereocenters. The maximum atomic E-state index is 14.3. The van der Waals surface area contributed by atoms with Crippen LogP contribution in [0, 0.1) is 11.8 Å². The molecule has 2 aromatic carbocycles. The second kappa shape index (κ2) is 18.3. The number of esters is 1. The van der Waals surface area contributed by atoms with Crippen molar-refractivity contribution in [1.29, 1.82) is 0 Å². The van der Waals surface area contributed by atoms with Crippen LogP contribution in [-0.4, -0.2) is 59.4 Å². The summed E-state index contributed by atoms with van der Waals surface area (Å²) in [6, 6.07) is 8.48. The minimum absolute atomic E-state index is 0.00265. The standard InChI is InChI=1S/C41H47Cl2F2N3O8/c1-41(2,3)56-40(51)47-48(28-7-5-4-6-8-28)37(49)29-15-13-27(18-35(29)52-22-24-9-10-24)38(50)54-34(19-30-31(42)20-46-21-32(30)43)26-14-16-33(55-39(44)45)36(17-26)53-23-25-11-12-25/h13-18,20-21,24-25,28,34,39H,4-12,19,22-23H2,1-3H3,(H,47,51). The molecule has 3 aromatic rings. The molecule has 0 aliphatic heterocycles. The zero-order valence-corrected chi connectivity index (χ0v) is 33.2. The summed E-state index contributed by atoms with van der Waals surface area (Å²) in [5.74, 6) is -0.566. The summed E-state index contributed by atoms with van der Waals surface area (Å²) < 4.78 is 55.1. The average Bonchev–Trinajstić information content (AvgIpc) is 4.09. The predicted octanol–water partition coefficient (Wildman–Crippen LogP) is 9.92. The molecule has 3 saturated carbocycles. The summed E-state index contributed by atoms with van der Waals surface area (Å²) >= 11 is 13.0. The third-order valence-electron chi connectivity index (χ3n) is 9.71. The maximum absolute atomic E-state index is 14.3. The number of hydrogen-bond donors (Lipinski definition) is 1. The number of halogens is 4. The molecule has 0 spiro atoms. The Morgan fingerprint density at radius 1 is 0.857 bits per heavy atom. The van der Waals surface area contributed by atoms with E-state index in [1.807, 2.05) is 0 Å². The number of carbonyl (C=O) groups is 3. The Morgan fingerprint density at radius 2 is 1.50 bits per heavy atom. The molecule has 3 aliphatic rings. The van der Waals surface area contributed by atoms with Crippen LogP contribution in [0.5, 0.6) is 17.2 Å². The zero-order valence-electron chi connectivity index (χ0n) is 31.7. The molecule has 1 aromatic heterocycles. The van der Waals surface area contributed by atoms with E-state index in [9.17, 15) is 23.2 Å². The van der Waals surface area contributed by atoms with E-state index in [4.69, 9.17) is 46.9 Å². The second-order valence-electron chi connectivity index (χ2n) is 15.6. The number of amides is 2. The number of rotatable bonds is 15. The molecule has 15 heteroatoms. The number of alkyl halides is 2. The van der Waals surface area contributed by atoms with Crippen LogP contribution in [-0.2, 0) is 15.9 Å². The molecule has 56 heavy (non-hydrogen) atoms. The van der Waals surface area contributed by atoms with Gasteiger partial charge < -0.3 is 23.7 Å². The largest absolute Gasteiger partial charge is 0.492 e. The van der Waals surface area contributed by atoms with Crippen LogP contribution in [0.2, 0.25) is 10.0 Å². The van der Waals surface area contributed by atoms with Gasteiger partial charge in [0.15, 0.2) is 11.5 Å². The van der Waals surface area contributed by atoms with Gasteiger partial charge in [0.2, 0.25) is 0 Å². The Labute approximate surface area is 335 Å².